The highest BCUT2D eigenvalue weighted by Crippen LogP contribution is 2.30. The van der Waals surface area contributed by atoms with Gasteiger partial charge < -0.3 is 23.8 Å². The van der Waals surface area contributed by atoms with E-state index in [1.165, 1.54) is 18.6 Å². The van der Waals surface area contributed by atoms with Crippen LogP contribution in [0.25, 0.3) is 0 Å². The van der Waals surface area contributed by atoms with Crippen LogP contribution in [0, 0.1) is 12.7 Å². The maximum absolute atomic E-state index is 14.8. The zero-order valence-corrected chi connectivity index (χ0v) is 21.5. The number of piperidine rings is 1. The number of morpholine rings is 1. The Kier molecular flexibility index (Phi) is 9.42. The van der Waals surface area contributed by atoms with E-state index in [4.69, 9.17) is 23.8 Å². The number of ether oxygens (including phenoxy) is 4. The maximum Gasteiger partial charge on any atom is 0.528 e. The first-order valence-corrected chi connectivity index (χ1v) is 12.6. The molecule has 11 nitrogen and oxygen atoms in total. The number of hydroxylamine groups is 2. The smallest absolute Gasteiger partial charge is 0.474 e. The standard InChI is InChI=1S/C25H34FN5O6/c1-17(2)34-25(32)37-31-8-5-20(6-9-31)35-23-18(3)24(29-16-28-23)36-22-15-27-19(14-21(22)26)4-7-30-10-12-33-13-11-30/h14-17,20H,4-13H2,1-3H3. The summed E-state index contributed by atoms with van der Waals surface area (Å²) in [7, 11) is 0. The number of hydrogen-bond donors (Lipinski definition) is 0. The summed E-state index contributed by atoms with van der Waals surface area (Å²) in [4.78, 5) is 31.9. The third-order valence-electron chi connectivity index (χ3n) is 6.08. The average molecular weight is 520 g/mol. The van der Waals surface area contributed by atoms with Crippen molar-refractivity contribution in [1.29, 1.82) is 0 Å². The van der Waals surface area contributed by atoms with Crippen LogP contribution in [0.3, 0.4) is 0 Å². The monoisotopic (exact) mass is 519 g/mol. The second-order valence-corrected chi connectivity index (χ2v) is 9.28. The number of rotatable bonds is 9. The lowest BCUT2D eigenvalue weighted by Gasteiger charge is -2.30. The van der Waals surface area contributed by atoms with Crippen molar-refractivity contribution in [2.45, 2.75) is 52.2 Å². The molecule has 2 aromatic heterocycles. The molecule has 2 aliphatic rings. The molecule has 4 heterocycles. The van der Waals surface area contributed by atoms with Crippen molar-refractivity contribution in [3.63, 3.8) is 0 Å². The van der Waals surface area contributed by atoms with Crippen LogP contribution in [0.2, 0.25) is 0 Å². The second-order valence-electron chi connectivity index (χ2n) is 9.28. The number of halogens is 1. The fourth-order valence-corrected chi connectivity index (χ4v) is 4.03. The normalized spacial score (nSPS) is 17.5. The van der Waals surface area contributed by atoms with E-state index in [1.54, 1.807) is 25.8 Å². The Balaban J connectivity index is 1.30. The van der Waals surface area contributed by atoms with Gasteiger partial charge in [0.15, 0.2) is 11.6 Å². The maximum atomic E-state index is 14.8. The van der Waals surface area contributed by atoms with E-state index < -0.39 is 12.0 Å². The summed E-state index contributed by atoms with van der Waals surface area (Å²) in [6.07, 6.45) is 3.50. The molecule has 2 aromatic rings. The lowest BCUT2D eigenvalue weighted by Crippen LogP contribution is -2.40. The van der Waals surface area contributed by atoms with Gasteiger partial charge in [0.1, 0.15) is 12.4 Å². The van der Waals surface area contributed by atoms with Gasteiger partial charge in [0.25, 0.3) is 0 Å². The van der Waals surface area contributed by atoms with Crippen molar-refractivity contribution in [2.75, 3.05) is 45.9 Å². The lowest BCUT2D eigenvalue weighted by atomic mass is 10.1. The second kappa shape index (κ2) is 12.9. The molecule has 0 aliphatic carbocycles. The highest BCUT2D eigenvalue weighted by Gasteiger charge is 2.25. The Morgan fingerprint density at radius 2 is 1.86 bits per heavy atom. The Bertz CT molecular complexity index is 1040. The number of carbonyl (C=O) groups is 1. The minimum absolute atomic E-state index is 0.0124. The van der Waals surface area contributed by atoms with Gasteiger partial charge in [-0.3, -0.25) is 9.88 Å². The number of pyridine rings is 1. The quantitative estimate of drug-likeness (QED) is 0.455. The predicted octanol–water partition coefficient (Wildman–Crippen LogP) is 3.31. The van der Waals surface area contributed by atoms with Crippen LogP contribution >= 0.6 is 0 Å². The van der Waals surface area contributed by atoms with Gasteiger partial charge in [0.2, 0.25) is 11.8 Å². The highest BCUT2D eigenvalue weighted by atomic mass is 19.1. The van der Waals surface area contributed by atoms with E-state index in [1.807, 2.05) is 0 Å². The summed E-state index contributed by atoms with van der Waals surface area (Å²) in [6, 6.07) is 1.40. The number of hydrogen-bond acceptors (Lipinski definition) is 11. The van der Waals surface area contributed by atoms with E-state index >= 15 is 0 Å². The van der Waals surface area contributed by atoms with Gasteiger partial charge in [0, 0.05) is 57.7 Å². The van der Waals surface area contributed by atoms with Gasteiger partial charge in [-0.2, -0.15) is 0 Å². The Labute approximate surface area is 215 Å². The molecular formula is C25H34FN5O6. The van der Waals surface area contributed by atoms with Crippen molar-refractivity contribution >= 4 is 6.16 Å². The molecule has 4 rings (SSSR count). The molecule has 2 saturated heterocycles. The molecular weight excluding hydrogens is 485 g/mol. The summed E-state index contributed by atoms with van der Waals surface area (Å²) in [5.74, 6) is 0.0421. The Morgan fingerprint density at radius 1 is 1.14 bits per heavy atom. The Morgan fingerprint density at radius 3 is 2.57 bits per heavy atom. The van der Waals surface area contributed by atoms with Crippen molar-refractivity contribution in [2.24, 2.45) is 0 Å². The van der Waals surface area contributed by atoms with Gasteiger partial charge in [-0.15, -0.1) is 5.06 Å². The molecule has 0 spiro atoms. The largest absolute Gasteiger partial charge is 0.528 e. The number of nitrogens with zero attached hydrogens (tertiary/aromatic N) is 5. The Hall–Kier alpha value is -3.09. The third kappa shape index (κ3) is 7.94. The molecule has 0 bridgehead atoms. The van der Waals surface area contributed by atoms with Gasteiger partial charge in [0.05, 0.1) is 31.1 Å². The van der Waals surface area contributed by atoms with Crippen molar-refractivity contribution in [3.05, 3.63) is 35.7 Å². The summed E-state index contributed by atoms with van der Waals surface area (Å²) >= 11 is 0. The zero-order valence-electron chi connectivity index (χ0n) is 21.5. The molecule has 0 aromatic carbocycles. The topological polar surface area (TPSA) is 108 Å². The predicted molar refractivity (Wildman–Crippen MR) is 130 cm³/mol. The lowest BCUT2D eigenvalue weighted by molar-refractivity contribution is -0.151. The molecule has 0 radical (unpaired) electrons. The first-order valence-electron chi connectivity index (χ1n) is 12.6. The third-order valence-corrected chi connectivity index (χ3v) is 6.08. The van der Waals surface area contributed by atoms with Gasteiger partial charge >= 0.3 is 6.16 Å². The van der Waals surface area contributed by atoms with E-state index in [2.05, 4.69) is 19.9 Å². The van der Waals surface area contributed by atoms with E-state index in [0.29, 0.717) is 49.5 Å². The average Bonchev–Trinajstić information content (AvgIpc) is 2.88. The van der Waals surface area contributed by atoms with Gasteiger partial charge in [-0.25, -0.2) is 19.2 Å². The number of carbonyl (C=O) groups excluding carboxylic acids is 1. The molecule has 0 amide bonds. The minimum atomic E-state index is -0.713. The molecule has 0 N–H and O–H groups in total. The SMILES string of the molecule is Cc1c(Oc2cnc(CCN3CCOCC3)cc2F)ncnc1OC1CCN(OC(=O)OC(C)C)CC1. The first kappa shape index (κ1) is 27.0. The van der Waals surface area contributed by atoms with Crippen LogP contribution in [-0.4, -0.2) is 89.2 Å². The molecule has 202 valence electrons. The molecule has 0 unspecified atom stereocenters. The van der Waals surface area contributed by atoms with Crippen molar-refractivity contribution < 1.29 is 33.0 Å². The minimum Gasteiger partial charge on any atom is -0.474 e. The highest BCUT2D eigenvalue weighted by molar-refractivity contribution is 5.59. The van der Waals surface area contributed by atoms with Crippen LogP contribution in [0.15, 0.2) is 18.6 Å². The molecule has 12 heteroatoms. The summed E-state index contributed by atoms with van der Waals surface area (Å²) in [5.41, 5.74) is 1.21. The number of aromatic nitrogens is 3. The van der Waals surface area contributed by atoms with E-state index in [-0.39, 0.29) is 23.8 Å². The fraction of sp³-hybridized carbons (Fsp3) is 0.600. The van der Waals surface area contributed by atoms with Crippen LogP contribution in [0.5, 0.6) is 17.5 Å². The zero-order chi connectivity index (χ0) is 26.2. The molecule has 0 atom stereocenters. The summed E-state index contributed by atoms with van der Waals surface area (Å²) in [5, 5.41) is 1.56. The van der Waals surface area contributed by atoms with Crippen LogP contribution in [0.1, 0.15) is 37.9 Å². The molecule has 0 saturated carbocycles. The van der Waals surface area contributed by atoms with E-state index in [0.717, 1.165) is 32.8 Å². The first-order chi connectivity index (χ1) is 17.9. The van der Waals surface area contributed by atoms with Crippen LogP contribution in [0.4, 0.5) is 9.18 Å². The van der Waals surface area contributed by atoms with Crippen molar-refractivity contribution in [3.8, 4) is 17.5 Å². The summed E-state index contributed by atoms with van der Waals surface area (Å²) in [6.45, 7) is 10.3. The van der Waals surface area contributed by atoms with Gasteiger partial charge in [-0.1, -0.05) is 0 Å². The van der Waals surface area contributed by atoms with E-state index in [9.17, 15) is 9.18 Å². The molecule has 2 fully saturated rings. The molecule has 2 aliphatic heterocycles. The fourth-order valence-electron chi connectivity index (χ4n) is 4.03. The summed E-state index contributed by atoms with van der Waals surface area (Å²) < 4.78 is 36.9. The van der Waals surface area contributed by atoms with Crippen LogP contribution < -0.4 is 9.47 Å². The van der Waals surface area contributed by atoms with Crippen molar-refractivity contribution in [1.82, 2.24) is 24.9 Å². The van der Waals surface area contributed by atoms with Gasteiger partial charge in [-0.05, 0) is 26.8 Å². The van der Waals surface area contributed by atoms with Crippen LogP contribution in [-0.2, 0) is 20.7 Å². The molecule has 37 heavy (non-hydrogen) atoms.